The summed E-state index contributed by atoms with van der Waals surface area (Å²) in [6.07, 6.45) is 1.63. The summed E-state index contributed by atoms with van der Waals surface area (Å²) < 4.78 is 0. The van der Waals surface area contributed by atoms with Crippen LogP contribution in [0.5, 0.6) is 0 Å². The molecule has 2 N–H and O–H groups in total. The van der Waals surface area contributed by atoms with Crippen LogP contribution in [0.2, 0.25) is 5.15 Å². The minimum Gasteiger partial charge on any atom is -0.331 e. The topological polar surface area (TPSA) is 79.8 Å². The van der Waals surface area contributed by atoms with E-state index in [4.69, 9.17) is 11.6 Å². The van der Waals surface area contributed by atoms with Crippen molar-refractivity contribution in [3.05, 3.63) is 34.6 Å². The van der Waals surface area contributed by atoms with Crippen molar-refractivity contribution < 1.29 is 4.79 Å². The van der Waals surface area contributed by atoms with Gasteiger partial charge in [-0.2, -0.15) is 0 Å². The molecular weight excluding hydrogens is 354 g/mol. The molecule has 118 valence electrons. The molecule has 0 fully saturated rings. The van der Waals surface area contributed by atoms with Crippen molar-refractivity contribution in [2.45, 2.75) is 13.8 Å². The minimum absolute atomic E-state index is 0.138. The third kappa shape index (κ3) is 3.84. The van der Waals surface area contributed by atoms with Crippen LogP contribution in [0.3, 0.4) is 0 Å². The number of carbonyl (C=O) groups excluding carboxylic acids is 1. The van der Waals surface area contributed by atoms with Gasteiger partial charge in [-0.3, -0.25) is 4.79 Å². The van der Waals surface area contributed by atoms with Crippen LogP contribution in [0, 0.1) is 6.92 Å². The largest absolute Gasteiger partial charge is 0.331 e. The maximum atomic E-state index is 11.1. The Kier molecular flexibility index (Phi) is 4.56. The fraction of sp³-hybridized carbons (Fsp3) is 0.143. The van der Waals surface area contributed by atoms with Gasteiger partial charge in [-0.15, -0.1) is 11.3 Å². The first-order chi connectivity index (χ1) is 11.0. The Bertz CT molecular complexity index is 860. The third-order valence-electron chi connectivity index (χ3n) is 2.79. The lowest BCUT2D eigenvalue weighted by molar-refractivity contribution is -0.114. The Morgan fingerprint density at radius 1 is 1.30 bits per heavy atom. The van der Waals surface area contributed by atoms with E-state index in [0.717, 1.165) is 27.1 Å². The summed E-state index contributed by atoms with van der Waals surface area (Å²) in [4.78, 5) is 24.9. The number of halogens is 1. The average Bonchev–Trinajstić information content (AvgIpc) is 3.05. The van der Waals surface area contributed by atoms with Gasteiger partial charge in [-0.05, 0) is 19.1 Å². The van der Waals surface area contributed by atoms with Crippen molar-refractivity contribution >= 4 is 56.1 Å². The van der Waals surface area contributed by atoms with E-state index >= 15 is 0 Å². The molecule has 0 unspecified atom stereocenters. The lowest BCUT2D eigenvalue weighted by atomic mass is 10.3. The number of hydrogen-bond donors (Lipinski definition) is 2. The smallest absolute Gasteiger partial charge is 0.223 e. The summed E-state index contributed by atoms with van der Waals surface area (Å²) in [5.74, 6) is -0.138. The zero-order valence-corrected chi connectivity index (χ0v) is 14.6. The summed E-state index contributed by atoms with van der Waals surface area (Å²) in [6.45, 7) is 3.35. The van der Waals surface area contributed by atoms with Crippen molar-refractivity contribution in [1.29, 1.82) is 0 Å². The van der Waals surface area contributed by atoms with Gasteiger partial charge in [0.05, 0.1) is 16.3 Å². The molecule has 0 aliphatic carbocycles. The molecule has 0 saturated carbocycles. The maximum Gasteiger partial charge on any atom is 0.223 e. The summed E-state index contributed by atoms with van der Waals surface area (Å²) >= 11 is 8.76. The Balaban J connectivity index is 1.81. The van der Waals surface area contributed by atoms with Crippen LogP contribution in [0.4, 0.5) is 16.0 Å². The molecule has 1 amide bonds. The molecule has 0 bridgehead atoms. The number of aryl methyl sites for hydroxylation is 1. The molecule has 0 saturated heterocycles. The van der Waals surface area contributed by atoms with Crippen molar-refractivity contribution in [1.82, 2.24) is 15.0 Å². The molecular formula is C14H12ClN5OS2. The van der Waals surface area contributed by atoms with Gasteiger partial charge >= 0.3 is 0 Å². The van der Waals surface area contributed by atoms with E-state index in [1.807, 2.05) is 18.4 Å². The van der Waals surface area contributed by atoms with Crippen LogP contribution in [0.1, 0.15) is 12.6 Å². The van der Waals surface area contributed by atoms with E-state index < -0.39 is 0 Å². The number of nitrogens with one attached hydrogen (secondary N) is 2. The number of anilines is 3. The zero-order valence-electron chi connectivity index (χ0n) is 12.3. The lowest BCUT2D eigenvalue weighted by Gasteiger charge is -2.01. The van der Waals surface area contributed by atoms with Crippen molar-refractivity contribution in [3.63, 3.8) is 0 Å². The SMILES string of the molecule is CC(=O)Nc1nc(C)c(-c2csc(Nc3ccnc(Cl)c3)n2)s1. The average molecular weight is 366 g/mol. The minimum atomic E-state index is -0.138. The molecule has 0 aliphatic heterocycles. The number of hydrogen-bond acceptors (Lipinski definition) is 7. The number of aromatic nitrogens is 3. The van der Waals surface area contributed by atoms with Gasteiger partial charge in [0, 0.05) is 24.2 Å². The first-order valence-electron chi connectivity index (χ1n) is 6.61. The van der Waals surface area contributed by atoms with Crippen LogP contribution >= 0.6 is 34.3 Å². The Morgan fingerprint density at radius 3 is 2.87 bits per heavy atom. The highest BCUT2D eigenvalue weighted by atomic mass is 35.5. The first kappa shape index (κ1) is 15.9. The van der Waals surface area contributed by atoms with Crippen molar-refractivity contribution in [3.8, 4) is 10.6 Å². The van der Waals surface area contributed by atoms with Crippen LogP contribution in [-0.2, 0) is 4.79 Å². The van der Waals surface area contributed by atoms with E-state index in [-0.39, 0.29) is 5.91 Å². The second-order valence-corrected chi connectivity index (χ2v) is 6.89. The van der Waals surface area contributed by atoms with Crippen molar-refractivity contribution in [2.24, 2.45) is 0 Å². The molecule has 3 aromatic heterocycles. The normalized spacial score (nSPS) is 10.6. The van der Waals surface area contributed by atoms with E-state index in [2.05, 4.69) is 25.6 Å². The summed E-state index contributed by atoms with van der Waals surface area (Å²) in [6, 6.07) is 3.55. The van der Waals surface area contributed by atoms with Crippen LogP contribution < -0.4 is 10.6 Å². The fourth-order valence-electron chi connectivity index (χ4n) is 1.88. The third-order valence-corrected chi connectivity index (χ3v) is 4.85. The number of thiazole rings is 2. The molecule has 3 rings (SSSR count). The zero-order chi connectivity index (χ0) is 16.4. The second-order valence-electron chi connectivity index (χ2n) is 4.64. The summed E-state index contributed by atoms with van der Waals surface area (Å²) in [5.41, 5.74) is 2.48. The second kappa shape index (κ2) is 6.61. The molecule has 0 radical (unpaired) electrons. The summed E-state index contributed by atoms with van der Waals surface area (Å²) in [7, 11) is 0. The van der Waals surface area contributed by atoms with Gasteiger partial charge in [-0.25, -0.2) is 15.0 Å². The van der Waals surface area contributed by atoms with E-state index in [9.17, 15) is 4.79 Å². The lowest BCUT2D eigenvalue weighted by Crippen LogP contribution is -2.04. The molecule has 0 aliphatic rings. The predicted molar refractivity (Wildman–Crippen MR) is 94.8 cm³/mol. The highest BCUT2D eigenvalue weighted by molar-refractivity contribution is 7.20. The molecule has 3 aromatic rings. The Hall–Kier alpha value is -2.03. The highest BCUT2D eigenvalue weighted by Gasteiger charge is 2.14. The predicted octanol–water partition coefficient (Wildman–Crippen LogP) is 4.33. The Labute approximate surface area is 145 Å². The van der Waals surface area contributed by atoms with E-state index in [0.29, 0.717) is 10.3 Å². The molecule has 9 heteroatoms. The van der Waals surface area contributed by atoms with Gasteiger partial charge in [0.1, 0.15) is 5.15 Å². The van der Waals surface area contributed by atoms with Crippen LogP contribution in [-0.4, -0.2) is 20.9 Å². The summed E-state index contributed by atoms with van der Waals surface area (Å²) in [5, 5.41) is 9.58. The van der Waals surface area contributed by atoms with Crippen LogP contribution in [0.25, 0.3) is 10.6 Å². The first-order valence-corrected chi connectivity index (χ1v) is 8.68. The van der Waals surface area contributed by atoms with Gasteiger partial charge in [0.25, 0.3) is 0 Å². The van der Waals surface area contributed by atoms with Gasteiger partial charge < -0.3 is 10.6 Å². The van der Waals surface area contributed by atoms with Gasteiger partial charge in [-0.1, -0.05) is 22.9 Å². The van der Waals surface area contributed by atoms with Gasteiger partial charge in [0.2, 0.25) is 5.91 Å². The number of nitrogens with zero attached hydrogens (tertiary/aromatic N) is 3. The molecule has 23 heavy (non-hydrogen) atoms. The maximum absolute atomic E-state index is 11.1. The van der Waals surface area contributed by atoms with Gasteiger partial charge in [0.15, 0.2) is 10.3 Å². The number of carbonyl (C=O) groups is 1. The fourth-order valence-corrected chi connectivity index (χ4v) is 3.82. The number of pyridine rings is 1. The molecule has 6 nitrogen and oxygen atoms in total. The number of amides is 1. The number of rotatable bonds is 4. The molecule has 0 aromatic carbocycles. The van der Waals surface area contributed by atoms with E-state index in [1.165, 1.54) is 29.6 Å². The standard InChI is InChI=1S/C14H12ClN5OS2/c1-7-12(23-14(17-7)18-8(2)21)10-6-22-13(20-10)19-9-3-4-16-11(15)5-9/h3-6H,1-2H3,(H,16,19,20)(H,17,18,21). The van der Waals surface area contributed by atoms with E-state index in [1.54, 1.807) is 12.3 Å². The molecule has 0 spiro atoms. The molecule has 0 atom stereocenters. The van der Waals surface area contributed by atoms with Crippen LogP contribution in [0.15, 0.2) is 23.7 Å². The quantitative estimate of drug-likeness (QED) is 0.673. The van der Waals surface area contributed by atoms with Crippen molar-refractivity contribution in [2.75, 3.05) is 10.6 Å². The monoisotopic (exact) mass is 365 g/mol. The highest BCUT2D eigenvalue weighted by Crippen LogP contribution is 2.35. The molecule has 3 heterocycles. The Morgan fingerprint density at radius 2 is 2.13 bits per heavy atom.